The Morgan fingerprint density at radius 3 is 2.57 bits per heavy atom. The predicted molar refractivity (Wildman–Crippen MR) is 113 cm³/mol. The number of amides is 1. The number of nitrogens with zero attached hydrogens (tertiary/aromatic N) is 4. The van der Waals surface area contributed by atoms with Crippen molar-refractivity contribution in [1.29, 1.82) is 0 Å². The molecule has 156 valence electrons. The van der Waals surface area contributed by atoms with Gasteiger partial charge >= 0.3 is 6.09 Å². The average molecular weight is 389 g/mol. The minimum Gasteiger partial charge on any atom is -0.444 e. The van der Waals surface area contributed by atoms with Crippen LogP contribution in [-0.2, 0) is 4.74 Å². The van der Waals surface area contributed by atoms with Gasteiger partial charge in [-0.15, -0.1) is 0 Å². The van der Waals surface area contributed by atoms with Crippen LogP contribution in [0.25, 0.3) is 0 Å². The Morgan fingerprint density at radius 1 is 1.21 bits per heavy atom. The lowest BCUT2D eigenvalue weighted by Gasteiger charge is -2.38. The minimum absolute atomic E-state index is 0.215. The Bertz CT molecular complexity index is 663. The Kier molecular flexibility index (Phi) is 6.48. The zero-order valence-corrected chi connectivity index (χ0v) is 18.1. The fourth-order valence-electron chi connectivity index (χ4n) is 4.23. The van der Waals surface area contributed by atoms with Crippen LogP contribution in [0.1, 0.15) is 59.1 Å². The first-order chi connectivity index (χ1) is 13.2. The number of pyridine rings is 1. The third-order valence-electron chi connectivity index (χ3n) is 5.37. The van der Waals surface area contributed by atoms with Gasteiger partial charge in [0.1, 0.15) is 11.4 Å². The number of hydrogen-bond donors (Lipinski definition) is 0. The lowest BCUT2D eigenvalue weighted by atomic mass is 10.0. The fourth-order valence-corrected chi connectivity index (χ4v) is 4.23. The molecule has 1 aromatic heterocycles. The van der Waals surface area contributed by atoms with E-state index >= 15 is 0 Å². The van der Waals surface area contributed by atoms with E-state index in [0.29, 0.717) is 25.0 Å². The van der Waals surface area contributed by atoms with Crippen molar-refractivity contribution in [1.82, 2.24) is 14.8 Å². The average Bonchev–Trinajstić information content (AvgIpc) is 3.07. The van der Waals surface area contributed by atoms with Gasteiger partial charge in [0.2, 0.25) is 0 Å². The summed E-state index contributed by atoms with van der Waals surface area (Å²) in [7, 11) is 0. The summed E-state index contributed by atoms with van der Waals surface area (Å²) >= 11 is 0. The molecule has 0 aromatic carbocycles. The zero-order chi connectivity index (χ0) is 20.3. The summed E-state index contributed by atoms with van der Waals surface area (Å²) in [6.07, 6.45) is 4.12. The molecule has 1 amide bonds. The smallest absolute Gasteiger partial charge is 0.410 e. The zero-order valence-electron chi connectivity index (χ0n) is 18.1. The standard InChI is InChI=1S/C22H36N4O2/c1-17(2)16-26-11-7-9-19(26)18-8-6-10-23-20(18)24-12-14-25(15-13-24)21(27)28-22(3,4)5/h6,8,10,17,19H,7,9,11-16H2,1-5H3/t19-/m0/s1. The number of aromatic nitrogens is 1. The Hall–Kier alpha value is -1.82. The molecule has 1 aromatic rings. The number of rotatable bonds is 4. The molecule has 2 aliphatic heterocycles. The van der Waals surface area contributed by atoms with Crippen LogP contribution in [0.3, 0.4) is 0 Å². The summed E-state index contributed by atoms with van der Waals surface area (Å²) in [6, 6.07) is 4.75. The van der Waals surface area contributed by atoms with Crippen LogP contribution in [0.5, 0.6) is 0 Å². The van der Waals surface area contributed by atoms with Gasteiger partial charge in [-0.1, -0.05) is 19.9 Å². The SMILES string of the molecule is CC(C)CN1CCC[C@H]1c1cccnc1N1CCN(C(=O)OC(C)(C)C)CC1. The second kappa shape index (κ2) is 8.68. The van der Waals surface area contributed by atoms with Gasteiger partial charge in [-0.3, -0.25) is 4.90 Å². The molecule has 3 rings (SSSR count). The van der Waals surface area contributed by atoms with Gasteiger partial charge in [-0.25, -0.2) is 9.78 Å². The van der Waals surface area contributed by atoms with Crippen LogP contribution in [0.4, 0.5) is 10.6 Å². The molecule has 28 heavy (non-hydrogen) atoms. The van der Waals surface area contributed by atoms with Crippen LogP contribution in [0, 0.1) is 5.92 Å². The highest BCUT2D eigenvalue weighted by molar-refractivity contribution is 5.68. The molecule has 0 N–H and O–H groups in total. The van der Waals surface area contributed by atoms with Crippen molar-refractivity contribution in [3.8, 4) is 0 Å². The van der Waals surface area contributed by atoms with Crippen LogP contribution in [-0.4, -0.2) is 65.7 Å². The summed E-state index contributed by atoms with van der Waals surface area (Å²) in [5.74, 6) is 1.75. The molecule has 1 atom stereocenters. The van der Waals surface area contributed by atoms with Gasteiger partial charge in [0.05, 0.1) is 0 Å². The number of piperazine rings is 1. The normalized spacial score (nSPS) is 21.4. The molecule has 0 bridgehead atoms. The molecule has 0 saturated carbocycles. The summed E-state index contributed by atoms with van der Waals surface area (Å²) in [4.78, 5) is 23.9. The van der Waals surface area contributed by atoms with Gasteiger partial charge in [0.25, 0.3) is 0 Å². The van der Waals surface area contributed by atoms with Crippen molar-refractivity contribution >= 4 is 11.9 Å². The van der Waals surface area contributed by atoms with Crippen LogP contribution >= 0.6 is 0 Å². The maximum absolute atomic E-state index is 12.3. The van der Waals surface area contributed by atoms with Crippen molar-refractivity contribution in [3.63, 3.8) is 0 Å². The Labute approximate surface area is 169 Å². The molecule has 6 nitrogen and oxygen atoms in total. The number of carbonyl (C=O) groups is 1. The molecule has 0 unspecified atom stereocenters. The maximum atomic E-state index is 12.3. The highest BCUT2D eigenvalue weighted by Gasteiger charge is 2.32. The monoisotopic (exact) mass is 388 g/mol. The molecule has 2 aliphatic rings. The largest absolute Gasteiger partial charge is 0.444 e. The maximum Gasteiger partial charge on any atom is 0.410 e. The van der Waals surface area contributed by atoms with Gasteiger partial charge in [0.15, 0.2) is 0 Å². The lowest BCUT2D eigenvalue weighted by molar-refractivity contribution is 0.0240. The number of ether oxygens (including phenoxy) is 1. The first-order valence-corrected chi connectivity index (χ1v) is 10.7. The molecule has 0 spiro atoms. The van der Waals surface area contributed by atoms with Crippen molar-refractivity contribution < 1.29 is 9.53 Å². The van der Waals surface area contributed by atoms with Crippen molar-refractivity contribution in [2.45, 2.75) is 59.1 Å². The first kappa shape index (κ1) is 20.9. The Morgan fingerprint density at radius 2 is 1.93 bits per heavy atom. The van der Waals surface area contributed by atoms with E-state index in [1.807, 2.05) is 31.9 Å². The van der Waals surface area contributed by atoms with Crippen molar-refractivity contribution in [2.75, 3.05) is 44.2 Å². The third kappa shape index (κ3) is 5.16. The van der Waals surface area contributed by atoms with E-state index in [4.69, 9.17) is 9.72 Å². The van der Waals surface area contributed by atoms with Crippen molar-refractivity contribution in [2.24, 2.45) is 5.92 Å². The summed E-state index contributed by atoms with van der Waals surface area (Å²) in [5.41, 5.74) is 0.886. The number of hydrogen-bond acceptors (Lipinski definition) is 5. The van der Waals surface area contributed by atoms with E-state index in [-0.39, 0.29) is 6.09 Å². The lowest BCUT2D eigenvalue weighted by Crippen LogP contribution is -2.50. The van der Waals surface area contributed by atoms with E-state index in [0.717, 1.165) is 25.5 Å². The molecule has 0 radical (unpaired) electrons. The van der Waals surface area contributed by atoms with Gasteiger partial charge in [0, 0.05) is 50.5 Å². The predicted octanol–water partition coefficient (Wildman–Crippen LogP) is 3.93. The topological polar surface area (TPSA) is 48.9 Å². The molecular weight excluding hydrogens is 352 g/mol. The van der Waals surface area contributed by atoms with Gasteiger partial charge in [-0.2, -0.15) is 0 Å². The third-order valence-corrected chi connectivity index (χ3v) is 5.37. The molecule has 2 saturated heterocycles. The van der Waals surface area contributed by atoms with E-state index in [9.17, 15) is 4.79 Å². The van der Waals surface area contributed by atoms with Gasteiger partial charge < -0.3 is 14.5 Å². The number of likely N-dealkylation sites (tertiary alicyclic amines) is 1. The molecule has 2 fully saturated rings. The fraction of sp³-hybridized carbons (Fsp3) is 0.727. The number of carbonyl (C=O) groups excluding carboxylic acids is 1. The first-order valence-electron chi connectivity index (χ1n) is 10.7. The van der Waals surface area contributed by atoms with Crippen LogP contribution in [0.15, 0.2) is 18.3 Å². The molecule has 6 heteroatoms. The van der Waals surface area contributed by atoms with E-state index in [1.165, 1.54) is 24.9 Å². The van der Waals surface area contributed by atoms with E-state index in [2.05, 4.69) is 35.8 Å². The second-order valence-electron chi connectivity index (χ2n) is 9.42. The summed E-state index contributed by atoms with van der Waals surface area (Å²) in [6.45, 7) is 15.5. The number of anilines is 1. The Balaban J connectivity index is 1.68. The molecular formula is C22H36N4O2. The van der Waals surface area contributed by atoms with Crippen LogP contribution < -0.4 is 4.90 Å². The van der Waals surface area contributed by atoms with Gasteiger partial charge in [-0.05, 0) is 52.1 Å². The highest BCUT2D eigenvalue weighted by Crippen LogP contribution is 2.37. The second-order valence-corrected chi connectivity index (χ2v) is 9.42. The van der Waals surface area contributed by atoms with E-state index < -0.39 is 5.60 Å². The highest BCUT2D eigenvalue weighted by atomic mass is 16.6. The summed E-state index contributed by atoms with van der Waals surface area (Å²) < 4.78 is 5.52. The van der Waals surface area contributed by atoms with Crippen molar-refractivity contribution in [3.05, 3.63) is 23.9 Å². The quantitative estimate of drug-likeness (QED) is 0.782. The minimum atomic E-state index is -0.454. The summed E-state index contributed by atoms with van der Waals surface area (Å²) in [5, 5.41) is 0. The molecule has 3 heterocycles. The van der Waals surface area contributed by atoms with Crippen LogP contribution in [0.2, 0.25) is 0 Å². The van der Waals surface area contributed by atoms with E-state index in [1.54, 1.807) is 0 Å². The molecule has 0 aliphatic carbocycles.